The van der Waals surface area contributed by atoms with Gasteiger partial charge < -0.3 is 10.2 Å². The number of hydrogen-bond acceptors (Lipinski definition) is 4. The standard InChI is InChI=1S/C22H28FN3O3S/c1-18-5-11-21(12-6-18)30(28,29)26(20-9-7-19(23)8-10-20)17-22(27)24-13-4-16-25-14-2-3-15-25/h5-12H,2-4,13-17H2,1H3,(H,24,27). The van der Waals surface area contributed by atoms with Crippen LogP contribution in [0.2, 0.25) is 0 Å². The van der Waals surface area contributed by atoms with Crippen molar-refractivity contribution in [2.75, 3.05) is 37.0 Å². The Labute approximate surface area is 177 Å². The molecule has 8 heteroatoms. The van der Waals surface area contributed by atoms with E-state index in [1.54, 1.807) is 12.1 Å². The van der Waals surface area contributed by atoms with Crippen molar-refractivity contribution < 1.29 is 17.6 Å². The third-order valence-electron chi connectivity index (χ3n) is 5.18. The van der Waals surface area contributed by atoms with Gasteiger partial charge in [-0.05, 0) is 82.2 Å². The second-order valence-corrected chi connectivity index (χ2v) is 9.42. The van der Waals surface area contributed by atoms with Crippen LogP contribution in [0, 0.1) is 12.7 Å². The van der Waals surface area contributed by atoms with Crippen LogP contribution in [0.15, 0.2) is 53.4 Å². The second-order valence-electron chi connectivity index (χ2n) is 7.55. The summed E-state index contributed by atoms with van der Waals surface area (Å²) in [5.41, 5.74) is 1.17. The fourth-order valence-electron chi connectivity index (χ4n) is 3.48. The quantitative estimate of drug-likeness (QED) is 0.618. The molecule has 1 aliphatic rings. The van der Waals surface area contributed by atoms with Gasteiger partial charge >= 0.3 is 0 Å². The zero-order valence-electron chi connectivity index (χ0n) is 17.2. The van der Waals surface area contributed by atoms with E-state index in [4.69, 9.17) is 0 Å². The first-order valence-corrected chi connectivity index (χ1v) is 11.6. The van der Waals surface area contributed by atoms with Crippen LogP contribution in [0.5, 0.6) is 0 Å². The van der Waals surface area contributed by atoms with Crippen LogP contribution in [0.4, 0.5) is 10.1 Å². The Hall–Kier alpha value is -2.45. The molecule has 2 aromatic rings. The van der Waals surface area contributed by atoms with Crippen molar-refractivity contribution in [1.82, 2.24) is 10.2 Å². The number of anilines is 1. The number of nitrogens with zero attached hydrogens (tertiary/aromatic N) is 2. The largest absolute Gasteiger partial charge is 0.354 e. The maximum Gasteiger partial charge on any atom is 0.264 e. The minimum atomic E-state index is -3.98. The molecule has 0 bridgehead atoms. The van der Waals surface area contributed by atoms with Gasteiger partial charge in [0.15, 0.2) is 0 Å². The number of sulfonamides is 1. The number of hydrogen-bond donors (Lipinski definition) is 1. The molecule has 0 aliphatic carbocycles. The summed E-state index contributed by atoms with van der Waals surface area (Å²) in [5.74, 6) is -0.866. The molecule has 6 nitrogen and oxygen atoms in total. The molecule has 1 fully saturated rings. The molecule has 2 aromatic carbocycles. The van der Waals surface area contributed by atoms with Crippen molar-refractivity contribution in [2.24, 2.45) is 0 Å². The molecule has 1 N–H and O–H groups in total. The van der Waals surface area contributed by atoms with Gasteiger partial charge in [0.25, 0.3) is 10.0 Å². The molecular formula is C22H28FN3O3S. The fourth-order valence-corrected chi connectivity index (χ4v) is 4.90. The third kappa shape index (κ3) is 5.79. The molecule has 1 aliphatic heterocycles. The predicted octanol–water partition coefficient (Wildman–Crippen LogP) is 2.93. The molecule has 1 saturated heterocycles. The van der Waals surface area contributed by atoms with Gasteiger partial charge in [-0.15, -0.1) is 0 Å². The van der Waals surface area contributed by atoms with E-state index < -0.39 is 21.7 Å². The molecule has 162 valence electrons. The van der Waals surface area contributed by atoms with Gasteiger partial charge in [-0.3, -0.25) is 9.10 Å². The number of benzene rings is 2. The van der Waals surface area contributed by atoms with Gasteiger partial charge in [0.2, 0.25) is 5.91 Å². The van der Waals surface area contributed by atoms with Gasteiger partial charge in [0, 0.05) is 6.54 Å². The van der Waals surface area contributed by atoms with E-state index in [0.717, 1.165) is 35.9 Å². The van der Waals surface area contributed by atoms with E-state index >= 15 is 0 Å². The summed E-state index contributed by atoms with van der Waals surface area (Å²) in [5, 5.41) is 2.81. The van der Waals surface area contributed by atoms with E-state index in [2.05, 4.69) is 10.2 Å². The number of aryl methyl sites for hydroxylation is 1. The number of carbonyl (C=O) groups excluding carboxylic acids is 1. The molecule has 0 aromatic heterocycles. The smallest absolute Gasteiger partial charge is 0.264 e. The van der Waals surface area contributed by atoms with Gasteiger partial charge in [0.1, 0.15) is 12.4 Å². The lowest BCUT2D eigenvalue weighted by Gasteiger charge is -2.24. The average molecular weight is 434 g/mol. The molecule has 3 rings (SSSR count). The summed E-state index contributed by atoms with van der Waals surface area (Å²) in [6.45, 7) is 5.10. The van der Waals surface area contributed by atoms with E-state index in [-0.39, 0.29) is 17.1 Å². The monoisotopic (exact) mass is 433 g/mol. The number of halogens is 1. The predicted molar refractivity (Wildman–Crippen MR) is 115 cm³/mol. The lowest BCUT2D eigenvalue weighted by Crippen LogP contribution is -2.41. The van der Waals surface area contributed by atoms with Gasteiger partial charge in [-0.2, -0.15) is 0 Å². The van der Waals surface area contributed by atoms with Crippen LogP contribution in [0.25, 0.3) is 0 Å². The Kier molecular flexibility index (Phi) is 7.44. The van der Waals surface area contributed by atoms with Crippen LogP contribution < -0.4 is 9.62 Å². The normalized spacial score (nSPS) is 14.6. The third-order valence-corrected chi connectivity index (χ3v) is 6.97. The van der Waals surface area contributed by atoms with Crippen LogP contribution in [0.3, 0.4) is 0 Å². The van der Waals surface area contributed by atoms with Crippen LogP contribution in [-0.4, -0.2) is 51.9 Å². The van der Waals surface area contributed by atoms with Crippen LogP contribution >= 0.6 is 0 Å². The first-order valence-electron chi connectivity index (χ1n) is 10.2. The number of amides is 1. The Balaban J connectivity index is 1.70. The van der Waals surface area contributed by atoms with Crippen molar-refractivity contribution in [2.45, 2.75) is 31.1 Å². The Bertz CT molecular complexity index is 941. The maximum atomic E-state index is 13.4. The number of carbonyl (C=O) groups is 1. The first kappa shape index (κ1) is 22.2. The summed E-state index contributed by atoms with van der Waals surface area (Å²) in [4.78, 5) is 15.0. The maximum absolute atomic E-state index is 13.4. The zero-order valence-corrected chi connectivity index (χ0v) is 18.0. The molecule has 1 heterocycles. The fraction of sp³-hybridized carbons (Fsp3) is 0.409. The minimum absolute atomic E-state index is 0.0826. The van der Waals surface area contributed by atoms with Crippen molar-refractivity contribution >= 4 is 21.6 Å². The number of rotatable bonds is 9. The second kappa shape index (κ2) is 10.0. The van der Waals surface area contributed by atoms with E-state index in [1.807, 2.05) is 6.92 Å². The summed E-state index contributed by atoms with van der Waals surface area (Å²) in [6.07, 6.45) is 3.25. The highest BCUT2D eigenvalue weighted by atomic mass is 32.2. The highest BCUT2D eigenvalue weighted by molar-refractivity contribution is 7.92. The topological polar surface area (TPSA) is 69.7 Å². The lowest BCUT2D eigenvalue weighted by molar-refractivity contribution is -0.119. The molecule has 0 radical (unpaired) electrons. The molecule has 0 atom stereocenters. The minimum Gasteiger partial charge on any atom is -0.354 e. The number of nitrogens with one attached hydrogen (secondary N) is 1. The molecule has 0 spiro atoms. The molecular weight excluding hydrogens is 405 g/mol. The van der Waals surface area contributed by atoms with Crippen molar-refractivity contribution in [3.05, 3.63) is 59.9 Å². The summed E-state index contributed by atoms with van der Waals surface area (Å²) in [6, 6.07) is 11.5. The molecule has 1 amide bonds. The van der Waals surface area contributed by atoms with Crippen LogP contribution in [-0.2, 0) is 14.8 Å². The van der Waals surface area contributed by atoms with E-state index in [9.17, 15) is 17.6 Å². The van der Waals surface area contributed by atoms with Crippen molar-refractivity contribution in [1.29, 1.82) is 0 Å². The summed E-state index contributed by atoms with van der Waals surface area (Å²) < 4.78 is 40.8. The SMILES string of the molecule is Cc1ccc(S(=O)(=O)N(CC(=O)NCCCN2CCCC2)c2ccc(F)cc2)cc1. The van der Waals surface area contributed by atoms with Gasteiger partial charge in [-0.1, -0.05) is 17.7 Å². The Morgan fingerprint density at radius 1 is 1.07 bits per heavy atom. The molecule has 0 unspecified atom stereocenters. The highest BCUT2D eigenvalue weighted by Crippen LogP contribution is 2.24. The molecule has 0 saturated carbocycles. The first-order chi connectivity index (χ1) is 14.4. The summed E-state index contributed by atoms with van der Waals surface area (Å²) in [7, 11) is -3.98. The lowest BCUT2D eigenvalue weighted by atomic mass is 10.2. The van der Waals surface area contributed by atoms with Crippen molar-refractivity contribution in [3.8, 4) is 0 Å². The zero-order chi connectivity index (χ0) is 21.6. The molecule has 30 heavy (non-hydrogen) atoms. The Morgan fingerprint density at radius 2 is 1.70 bits per heavy atom. The van der Waals surface area contributed by atoms with Crippen molar-refractivity contribution in [3.63, 3.8) is 0 Å². The van der Waals surface area contributed by atoms with E-state index in [1.165, 1.54) is 49.2 Å². The Morgan fingerprint density at radius 3 is 2.33 bits per heavy atom. The summed E-state index contributed by atoms with van der Waals surface area (Å²) >= 11 is 0. The van der Waals surface area contributed by atoms with E-state index in [0.29, 0.717) is 6.54 Å². The van der Waals surface area contributed by atoms with Gasteiger partial charge in [-0.25, -0.2) is 12.8 Å². The average Bonchev–Trinajstić information content (AvgIpc) is 3.24. The van der Waals surface area contributed by atoms with Gasteiger partial charge in [0.05, 0.1) is 10.6 Å². The van der Waals surface area contributed by atoms with Crippen LogP contribution in [0.1, 0.15) is 24.8 Å². The highest BCUT2D eigenvalue weighted by Gasteiger charge is 2.27. The number of likely N-dealkylation sites (tertiary alicyclic amines) is 1.